The molecule has 2 atom stereocenters. The number of nitrogens with zero attached hydrogens (tertiary/aromatic N) is 3. The summed E-state index contributed by atoms with van der Waals surface area (Å²) in [6, 6.07) is 0. The molecule has 1 aromatic rings. The van der Waals surface area contributed by atoms with Crippen LogP contribution in [0.3, 0.4) is 0 Å². The van der Waals surface area contributed by atoms with Crippen LogP contribution in [0.1, 0.15) is 43.8 Å². The number of anilines is 1. The monoisotopic (exact) mass is 279 g/mol. The lowest BCUT2D eigenvalue weighted by atomic mass is 9.81. The highest BCUT2D eigenvalue weighted by molar-refractivity contribution is 7.09. The number of hydrogen-bond donors (Lipinski definition) is 1. The van der Waals surface area contributed by atoms with E-state index in [0.717, 1.165) is 36.8 Å². The molecule has 0 spiro atoms. The smallest absolute Gasteiger partial charge is 0.311 e. The molecule has 1 aliphatic heterocycles. The molecule has 19 heavy (non-hydrogen) atoms. The van der Waals surface area contributed by atoms with Gasteiger partial charge in [0.2, 0.25) is 5.13 Å². The van der Waals surface area contributed by atoms with Gasteiger partial charge in [-0.2, -0.15) is 4.37 Å². The van der Waals surface area contributed by atoms with Crippen LogP contribution in [0.25, 0.3) is 0 Å². The van der Waals surface area contributed by atoms with Crippen LogP contribution in [0.2, 0.25) is 0 Å². The molecule has 0 radical (unpaired) electrons. The van der Waals surface area contributed by atoms with Crippen molar-refractivity contribution in [1.82, 2.24) is 9.36 Å². The van der Waals surface area contributed by atoms with Gasteiger partial charge in [-0.05, 0) is 31.6 Å². The molecule has 102 valence electrons. The Bertz CT molecular complexity index is 528. The van der Waals surface area contributed by atoms with Crippen molar-refractivity contribution >= 4 is 22.6 Å². The lowest BCUT2D eigenvalue weighted by Crippen LogP contribution is -2.35. The lowest BCUT2D eigenvalue weighted by molar-refractivity contribution is -0.149. The van der Waals surface area contributed by atoms with Gasteiger partial charge in [0, 0.05) is 30.5 Å². The van der Waals surface area contributed by atoms with E-state index in [2.05, 4.69) is 14.3 Å². The Balaban J connectivity index is 1.58. The van der Waals surface area contributed by atoms with Crippen molar-refractivity contribution in [3.63, 3.8) is 0 Å². The van der Waals surface area contributed by atoms with Crippen molar-refractivity contribution in [1.29, 1.82) is 0 Å². The molecule has 2 aliphatic carbocycles. The molecule has 6 heteroatoms. The molecule has 3 aliphatic rings. The molecule has 0 aromatic carbocycles. The first kappa shape index (κ1) is 11.6. The molecule has 5 nitrogen and oxygen atoms in total. The number of fused-ring (bicyclic) bond motifs is 1. The summed E-state index contributed by atoms with van der Waals surface area (Å²) >= 11 is 1.44. The highest BCUT2D eigenvalue weighted by atomic mass is 32.1. The molecular formula is C13H17N3O2S. The van der Waals surface area contributed by atoms with Crippen LogP contribution in [-0.2, 0) is 4.79 Å². The fourth-order valence-electron chi connectivity index (χ4n) is 3.65. The highest BCUT2D eigenvalue weighted by Crippen LogP contribution is 2.50. The minimum Gasteiger partial charge on any atom is -0.481 e. The van der Waals surface area contributed by atoms with E-state index in [9.17, 15) is 9.90 Å². The second-order valence-corrected chi connectivity index (χ2v) is 6.87. The first-order valence-electron chi connectivity index (χ1n) is 7.01. The van der Waals surface area contributed by atoms with Gasteiger partial charge in [0.05, 0.1) is 5.41 Å². The number of carboxylic acids is 1. The van der Waals surface area contributed by atoms with Crippen LogP contribution < -0.4 is 4.90 Å². The summed E-state index contributed by atoms with van der Waals surface area (Å²) in [6.07, 6.45) is 5.32. The number of rotatable bonds is 3. The van der Waals surface area contributed by atoms with E-state index in [4.69, 9.17) is 0 Å². The minimum atomic E-state index is -0.621. The summed E-state index contributed by atoms with van der Waals surface area (Å²) in [6.45, 7) is 1.46. The average molecular weight is 279 g/mol. The van der Waals surface area contributed by atoms with Crippen molar-refractivity contribution in [3.05, 3.63) is 5.82 Å². The third kappa shape index (κ3) is 1.69. The molecule has 2 saturated carbocycles. The van der Waals surface area contributed by atoms with Gasteiger partial charge in [-0.15, -0.1) is 0 Å². The zero-order valence-corrected chi connectivity index (χ0v) is 11.5. The van der Waals surface area contributed by atoms with Crippen LogP contribution in [-0.4, -0.2) is 33.5 Å². The number of aliphatic carboxylic acids is 1. The molecular weight excluding hydrogens is 262 g/mol. The van der Waals surface area contributed by atoms with Crippen LogP contribution in [0.5, 0.6) is 0 Å². The second-order valence-electron chi connectivity index (χ2n) is 6.14. The van der Waals surface area contributed by atoms with Crippen LogP contribution in [0.15, 0.2) is 0 Å². The fourth-order valence-corrected chi connectivity index (χ4v) is 4.40. The van der Waals surface area contributed by atoms with Gasteiger partial charge in [-0.25, -0.2) is 4.98 Å². The van der Waals surface area contributed by atoms with E-state index in [0.29, 0.717) is 18.4 Å². The quantitative estimate of drug-likeness (QED) is 0.918. The van der Waals surface area contributed by atoms with Crippen LogP contribution in [0.4, 0.5) is 5.13 Å². The number of hydrogen-bond acceptors (Lipinski definition) is 5. The van der Waals surface area contributed by atoms with Gasteiger partial charge < -0.3 is 10.0 Å². The summed E-state index contributed by atoms with van der Waals surface area (Å²) in [4.78, 5) is 18.4. The summed E-state index contributed by atoms with van der Waals surface area (Å²) in [5.41, 5.74) is -0.522. The Kier molecular flexibility index (Phi) is 2.40. The van der Waals surface area contributed by atoms with E-state index < -0.39 is 11.4 Å². The number of carboxylic acid groups (broad SMARTS) is 1. The predicted molar refractivity (Wildman–Crippen MR) is 71.5 cm³/mol. The molecule has 4 rings (SSSR count). The van der Waals surface area contributed by atoms with Gasteiger partial charge in [0.15, 0.2) is 0 Å². The van der Waals surface area contributed by atoms with Gasteiger partial charge in [0.1, 0.15) is 5.82 Å². The normalized spacial score (nSPS) is 33.7. The molecule has 0 bridgehead atoms. The summed E-state index contributed by atoms with van der Waals surface area (Å²) in [7, 11) is 0. The number of carbonyl (C=O) groups is 1. The summed E-state index contributed by atoms with van der Waals surface area (Å²) in [5.74, 6) is 1.21. The highest BCUT2D eigenvalue weighted by Gasteiger charge is 2.55. The van der Waals surface area contributed by atoms with Gasteiger partial charge >= 0.3 is 5.97 Å². The topological polar surface area (TPSA) is 66.3 Å². The van der Waals surface area contributed by atoms with Crippen LogP contribution in [0, 0.1) is 11.3 Å². The zero-order valence-electron chi connectivity index (χ0n) is 10.7. The maximum Gasteiger partial charge on any atom is 0.311 e. The van der Waals surface area contributed by atoms with E-state index in [1.807, 2.05) is 0 Å². The Morgan fingerprint density at radius 1 is 1.42 bits per heavy atom. The Labute approximate surface area is 115 Å². The van der Waals surface area contributed by atoms with Gasteiger partial charge in [-0.1, -0.05) is 6.42 Å². The fraction of sp³-hybridized carbons (Fsp3) is 0.769. The summed E-state index contributed by atoms with van der Waals surface area (Å²) in [5, 5.41) is 10.5. The van der Waals surface area contributed by atoms with E-state index in [1.54, 1.807) is 0 Å². The van der Waals surface area contributed by atoms with E-state index in [1.165, 1.54) is 24.4 Å². The van der Waals surface area contributed by atoms with Crippen LogP contribution >= 0.6 is 11.5 Å². The standard InChI is InChI=1S/C13H17N3O2S/c17-11(18)13-5-1-2-9(13)6-16(7-13)12-14-10(15-19-12)8-3-4-8/h8-9H,1-7H2,(H,17,18)/t9-,13+/m0/s1. The molecule has 1 aromatic heterocycles. The molecule has 0 amide bonds. The molecule has 3 fully saturated rings. The SMILES string of the molecule is O=C(O)[C@@]12CCC[C@H]1CN(c1nc(C3CC3)ns1)C2. The van der Waals surface area contributed by atoms with E-state index >= 15 is 0 Å². The first-order valence-corrected chi connectivity index (χ1v) is 7.78. The zero-order chi connectivity index (χ0) is 13.0. The number of aromatic nitrogens is 2. The summed E-state index contributed by atoms with van der Waals surface area (Å²) < 4.78 is 4.43. The van der Waals surface area contributed by atoms with Crippen molar-refractivity contribution < 1.29 is 9.90 Å². The third-order valence-corrected chi connectivity index (χ3v) is 5.73. The third-order valence-electron chi connectivity index (χ3n) is 4.94. The molecule has 0 unspecified atom stereocenters. The van der Waals surface area contributed by atoms with E-state index in [-0.39, 0.29) is 0 Å². The maximum atomic E-state index is 11.6. The van der Waals surface area contributed by atoms with Crippen molar-refractivity contribution in [2.75, 3.05) is 18.0 Å². The lowest BCUT2D eigenvalue weighted by Gasteiger charge is -2.22. The largest absolute Gasteiger partial charge is 0.481 e. The van der Waals surface area contributed by atoms with Crippen molar-refractivity contribution in [3.8, 4) is 0 Å². The predicted octanol–water partition coefficient (Wildman–Crippen LogP) is 2.11. The van der Waals surface area contributed by atoms with Gasteiger partial charge in [0.25, 0.3) is 0 Å². The van der Waals surface area contributed by atoms with Crippen molar-refractivity contribution in [2.24, 2.45) is 11.3 Å². The first-order chi connectivity index (χ1) is 9.19. The molecule has 2 heterocycles. The average Bonchev–Trinajstić information content (AvgIpc) is 2.85. The minimum absolute atomic E-state index is 0.290. The van der Waals surface area contributed by atoms with Crippen molar-refractivity contribution in [2.45, 2.75) is 38.0 Å². The Hall–Kier alpha value is -1.17. The Morgan fingerprint density at radius 2 is 2.26 bits per heavy atom. The molecule has 1 N–H and O–H groups in total. The molecule has 1 saturated heterocycles. The second kappa shape index (κ2) is 3.91. The Morgan fingerprint density at radius 3 is 2.95 bits per heavy atom. The van der Waals surface area contributed by atoms with Gasteiger partial charge in [-0.3, -0.25) is 4.79 Å². The maximum absolute atomic E-state index is 11.6.